The van der Waals surface area contributed by atoms with Crippen molar-refractivity contribution in [1.82, 2.24) is 15.1 Å². The number of nitrogens with zero attached hydrogens (tertiary/aromatic N) is 2. The van der Waals surface area contributed by atoms with Gasteiger partial charge in [-0.3, -0.25) is 9.59 Å². The number of piperidine rings is 1. The number of hydrogen-bond donors (Lipinski definition) is 1. The number of carbonyl (C=O) groups excluding carboxylic acids is 2. The molecule has 2 amide bonds. The number of amides is 2. The van der Waals surface area contributed by atoms with Gasteiger partial charge in [0.15, 0.2) is 0 Å². The molecule has 0 saturated carbocycles. The van der Waals surface area contributed by atoms with Crippen molar-refractivity contribution in [1.29, 1.82) is 0 Å². The molecule has 5 heteroatoms. The Balaban J connectivity index is 1.99. The highest BCUT2D eigenvalue weighted by atomic mass is 16.2. The monoisotopic (exact) mass is 309 g/mol. The molecule has 0 aromatic rings. The standard InChI is InChI=1S/C17H31N3O2/c1-5-12(2)16(21)19-9-6-7-15(11-19)17(22)20-10-8-18-13(3)14(20)4/h12-15,18H,5-11H2,1-4H3. The first-order valence-electron chi connectivity index (χ1n) is 8.78. The second-order valence-electron chi connectivity index (χ2n) is 6.95. The topological polar surface area (TPSA) is 52.7 Å². The van der Waals surface area contributed by atoms with Gasteiger partial charge in [-0.1, -0.05) is 13.8 Å². The molecular weight excluding hydrogens is 278 g/mol. The van der Waals surface area contributed by atoms with Gasteiger partial charge in [-0.05, 0) is 33.1 Å². The minimum atomic E-state index is -0.0190. The van der Waals surface area contributed by atoms with Crippen LogP contribution in [0.1, 0.15) is 47.0 Å². The van der Waals surface area contributed by atoms with E-state index in [1.54, 1.807) is 0 Å². The van der Waals surface area contributed by atoms with Gasteiger partial charge in [-0.2, -0.15) is 0 Å². The lowest BCUT2D eigenvalue weighted by atomic mass is 9.93. The van der Waals surface area contributed by atoms with E-state index >= 15 is 0 Å². The van der Waals surface area contributed by atoms with Crippen LogP contribution in [-0.4, -0.2) is 59.9 Å². The third-order valence-electron chi connectivity index (χ3n) is 5.43. The first-order chi connectivity index (χ1) is 10.5. The zero-order valence-corrected chi connectivity index (χ0v) is 14.5. The molecule has 2 saturated heterocycles. The van der Waals surface area contributed by atoms with Crippen molar-refractivity contribution in [3.05, 3.63) is 0 Å². The minimum absolute atomic E-state index is 0.0190. The molecule has 2 aliphatic heterocycles. The largest absolute Gasteiger partial charge is 0.342 e. The fourth-order valence-electron chi connectivity index (χ4n) is 3.47. The van der Waals surface area contributed by atoms with Gasteiger partial charge in [0.1, 0.15) is 0 Å². The van der Waals surface area contributed by atoms with Crippen LogP contribution in [0.3, 0.4) is 0 Å². The van der Waals surface area contributed by atoms with E-state index in [-0.39, 0.29) is 29.7 Å². The molecule has 5 nitrogen and oxygen atoms in total. The zero-order chi connectivity index (χ0) is 16.3. The van der Waals surface area contributed by atoms with Gasteiger partial charge in [0.05, 0.1) is 5.92 Å². The Morgan fingerprint density at radius 1 is 1.27 bits per heavy atom. The molecule has 0 aromatic carbocycles. The third kappa shape index (κ3) is 3.62. The second-order valence-corrected chi connectivity index (χ2v) is 6.95. The Hall–Kier alpha value is -1.10. The normalized spacial score (nSPS) is 31.0. The fourth-order valence-corrected chi connectivity index (χ4v) is 3.47. The average molecular weight is 309 g/mol. The van der Waals surface area contributed by atoms with Gasteiger partial charge in [-0.15, -0.1) is 0 Å². The molecule has 2 heterocycles. The molecule has 2 aliphatic rings. The van der Waals surface area contributed by atoms with Crippen molar-refractivity contribution in [3.63, 3.8) is 0 Å². The second kappa shape index (κ2) is 7.44. The van der Waals surface area contributed by atoms with Crippen LogP contribution in [0.2, 0.25) is 0 Å². The fraction of sp³-hybridized carbons (Fsp3) is 0.882. The summed E-state index contributed by atoms with van der Waals surface area (Å²) >= 11 is 0. The summed E-state index contributed by atoms with van der Waals surface area (Å²) in [7, 11) is 0. The highest BCUT2D eigenvalue weighted by Crippen LogP contribution is 2.23. The molecule has 0 aromatic heterocycles. The minimum Gasteiger partial charge on any atom is -0.342 e. The summed E-state index contributed by atoms with van der Waals surface area (Å²) in [6, 6.07) is 0.557. The predicted octanol–water partition coefficient (Wildman–Crippen LogP) is 1.48. The smallest absolute Gasteiger partial charge is 0.227 e. The molecule has 0 bridgehead atoms. The van der Waals surface area contributed by atoms with Gasteiger partial charge in [0.2, 0.25) is 11.8 Å². The molecule has 2 fully saturated rings. The van der Waals surface area contributed by atoms with E-state index in [1.807, 2.05) is 23.6 Å². The molecule has 4 unspecified atom stereocenters. The van der Waals surface area contributed by atoms with Gasteiger partial charge < -0.3 is 15.1 Å². The van der Waals surface area contributed by atoms with Gasteiger partial charge in [0.25, 0.3) is 0 Å². The first-order valence-corrected chi connectivity index (χ1v) is 8.78. The Morgan fingerprint density at radius 2 is 2.00 bits per heavy atom. The van der Waals surface area contributed by atoms with Crippen LogP contribution in [0.15, 0.2) is 0 Å². The molecule has 1 N–H and O–H groups in total. The van der Waals surface area contributed by atoms with E-state index < -0.39 is 0 Å². The van der Waals surface area contributed by atoms with Gasteiger partial charge in [0, 0.05) is 44.2 Å². The van der Waals surface area contributed by atoms with Gasteiger partial charge >= 0.3 is 0 Å². The Morgan fingerprint density at radius 3 is 2.68 bits per heavy atom. The van der Waals surface area contributed by atoms with Crippen molar-refractivity contribution in [2.75, 3.05) is 26.2 Å². The Bertz CT molecular complexity index is 413. The van der Waals surface area contributed by atoms with Crippen molar-refractivity contribution >= 4 is 11.8 Å². The molecule has 0 aliphatic carbocycles. The zero-order valence-electron chi connectivity index (χ0n) is 14.5. The maximum Gasteiger partial charge on any atom is 0.227 e. The lowest BCUT2D eigenvalue weighted by molar-refractivity contribution is -0.145. The summed E-state index contributed by atoms with van der Waals surface area (Å²) in [6.45, 7) is 11.3. The molecule has 22 heavy (non-hydrogen) atoms. The number of nitrogens with one attached hydrogen (secondary N) is 1. The molecule has 0 spiro atoms. The lowest BCUT2D eigenvalue weighted by Gasteiger charge is -2.42. The number of likely N-dealkylation sites (tertiary alicyclic amines) is 1. The Kier molecular flexibility index (Phi) is 5.84. The van der Waals surface area contributed by atoms with Crippen LogP contribution in [-0.2, 0) is 9.59 Å². The number of hydrogen-bond acceptors (Lipinski definition) is 3. The number of piperazine rings is 1. The average Bonchev–Trinajstić information content (AvgIpc) is 2.55. The SMILES string of the molecule is CCC(C)C(=O)N1CCCC(C(=O)N2CCNC(C)C2C)C1. The van der Waals surface area contributed by atoms with E-state index in [1.165, 1.54) is 0 Å². The molecular formula is C17H31N3O2. The van der Waals surface area contributed by atoms with Crippen LogP contribution in [0.5, 0.6) is 0 Å². The maximum atomic E-state index is 12.9. The number of rotatable bonds is 3. The molecule has 2 rings (SSSR count). The summed E-state index contributed by atoms with van der Waals surface area (Å²) in [4.78, 5) is 29.2. The first kappa shape index (κ1) is 17.3. The van der Waals surface area contributed by atoms with E-state index in [0.29, 0.717) is 12.6 Å². The number of carbonyl (C=O) groups is 2. The van der Waals surface area contributed by atoms with Crippen LogP contribution in [0.4, 0.5) is 0 Å². The highest BCUT2D eigenvalue weighted by Gasteiger charge is 2.36. The van der Waals surface area contributed by atoms with E-state index in [2.05, 4.69) is 19.2 Å². The summed E-state index contributed by atoms with van der Waals surface area (Å²) in [5.41, 5.74) is 0. The van der Waals surface area contributed by atoms with Crippen molar-refractivity contribution in [3.8, 4) is 0 Å². The van der Waals surface area contributed by atoms with E-state index in [0.717, 1.165) is 38.9 Å². The summed E-state index contributed by atoms with van der Waals surface area (Å²) in [5, 5.41) is 3.41. The van der Waals surface area contributed by atoms with Crippen molar-refractivity contribution in [2.24, 2.45) is 11.8 Å². The lowest BCUT2D eigenvalue weighted by Crippen LogP contribution is -2.59. The molecule has 126 valence electrons. The predicted molar refractivity (Wildman–Crippen MR) is 87.4 cm³/mol. The van der Waals surface area contributed by atoms with E-state index in [4.69, 9.17) is 0 Å². The molecule has 0 radical (unpaired) electrons. The van der Waals surface area contributed by atoms with Crippen LogP contribution >= 0.6 is 0 Å². The Labute approximate surface area is 134 Å². The van der Waals surface area contributed by atoms with Crippen molar-refractivity contribution < 1.29 is 9.59 Å². The van der Waals surface area contributed by atoms with Crippen LogP contribution in [0.25, 0.3) is 0 Å². The maximum absolute atomic E-state index is 12.9. The van der Waals surface area contributed by atoms with Crippen molar-refractivity contribution in [2.45, 2.75) is 59.0 Å². The third-order valence-corrected chi connectivity index (χ3v) is 5.43. The summed E-state index contributed by atoms with van der Waals surface area (Å²) < 4.78 is 0. The summed E-state index contributed by atoms with van der Waals surface area (Å²) in [5.74, 6) is 0.491. The quantitative estimate of drug-likeness (QED) is 0.859. The van der Waals surface area contributed by atoms with Gasteiger partial charge in [-0.25, -0.2) is 0 Å². The van der Waals surface area contributed by atoms with E-state index in [9.17, 15) is 9.59 Å². The van der Waals surface area contributed by atoms with Crippen LogP contribution in [0, 0.1) is 11.8 Å². The summed E-state index contributed by atoms with van der Waals surface area (Å²) in [6.07, 6.45) is 2.71. The van der Waals surface area contributed by atoms with Crippen LogP contribution < -0.4 is 5.32 Å². The highest BCUT2D eigenvalue weighted by molar-refractivity contribution is 5.82. The molecule has 4 atom stereocenters.